The highest BCUT2D eigenvalue weighted by Crippen LogP contribution is 2.26. The first kappa shape index (κ1) is 58.3. The van der Waals surface area contributed by atoms with E-state index >= 15 is 0 Å². The molecule has 1 rings (SSSR count). The van der Waals surface area contributed by atoms with Crippen LogP contribution in [-0.2, 0) is 38.3 Å². The molecule has 0 spiro atoms. The molecule has 1 fully saturated rings. The molecule has 0 aromatic carbocycles. The summed E-state index contributed by atoms with van der Waals surface area (Å²) in [7, 11) is -5.06. The Kier molecular flexibility index (Phi) is 38.4. The van der Waals surface area contributed by atoms with Gasteiger partial charge in [0.15, 0.2) is 6.29 Å². The van der Waals surface area contributed by atoms with E-state index in [0.717, 1.165) is 57.8 Å². The lowest BCUT2D eigenvalue weighted by molar-refractivity contribution is -0.301. The van der Waals surface area contributed by atoms with Gasteiger partial charge in [0.2, 0.25) is 0 Å². The molecule has 0 aliphatic carbocycles. The second-order valence-corrected chi connectivity index (χ2v) is 18.1. The smallest absolute Gasteiger partial charge is 0.397 e. The van der Waals surface area contributed by atoms with Crippen molar-refractivity contribution in [2.75, 3.05) is 26.4 Å². The lowest BCUT2D eigenvalue weighted by atomic mass is 9.99. The molecule has 1 aliphatic rings. The number of allylic oxidation sites excluding steroid dienone is 6. The third-order valence-corrected chi connectivity index (χ3v) is 11.7. The molecule has 13 heteroatoms. The van der Waals surface area contributed by atoms with Crippen LogP contribution in [0.25, 0.3) is 0 Å². The Balaban J connectivity index is 2.39. The van der Waals surface area contributed by atoms with Gasteiger partial charge in [-0.3, -0.25) is 9.35 Å². The number of carbonyl (C=O) groups is 1. The van der Waals surface area contributed by atoms with E-state index in [9.17, 15) is 33.1 Å². The summed E-state index contributed by atoms with van der Waals surface area (Å²) in [5.74, 6) is -0.405. The second kappa shape index (κ2) is 40.8. The van der Waals surface area contributed by atoms with Gasteiger partial charge in [-0.25, -0.2) is 4.18 Å². The molecule has 1 heterocycles. The number of carbonyl (C=O) groups excluding carboxylic acids is 1. The molecule has 0 bridgehead atoms. The van der Waals surface area contributed by atoms with Crippen LogP contribution in [0, 0.1) is 0 Å². The molecule has 1 aliphatic heterocycles. The van der Waals surface area contributed by atoms with E-state index in [1.807, 2.05) is 0 Å². The van der Waals surface area contributed by atoms with Gasteiger partial charge in [0.05, 0.1) is 19.8 Å². The molecular weight excluding hydrogens is 813 g/mol. The molecular formula is C49H90O12S. The van der Waals surface area contributed by atoms with Crippen LogP contribution in [-0.4, -0.2) is 97.5 Å². The van der Waals surface area contributed by atoms with Crippen molar-refractivity contribution in [1.82, 2.24) is 0 Å². The fraction of sp³-hybridized carbons (Fsp3) is 0.857. The summed E-state index contributed by atoms with van der Waals surface area (Å²) in [6.07, 6.45) is 38.8. The summed E-state index contributed by atoms with van der Waals surface area (Å²) in [6.45, 7) is 3.96. The zero-order valence-electron chi connectivity index (χ0n) is 38.9. The Labute approximate surface area is 377 Å². The Morgan fingerprint density at radius 2 is 1.06 bits per heavy atom. The zero-order valence-corrected chi connectivity index (χ0v) is 39.7. The fourth-order valence-corrected chi connectivity index (χ4v) is 7.97. The van der Waals surface area contributed by atoms with Crippen molar-refractivity contribution in [2.45, 2.75) is 243 Å². The first-order valence-corrected chi connectivity index (χ1v) is 26.1. The molecule has 0 radical (unpaired) electrons. The Morgan fingerprint density at radius 3 is 1.58 bits per heavy atom. The highest BCUT2D eigenvalue weighted by molar-refractivity contribution is 7.80. The van der Waals surface area contributed by atoms with E-state index in [-0.39, 0.29) is 19.6 Å². The summed E-state index contributed by atoms with van der Waals surface area (Å²) in [4.78, 5) is 12.9. The third kappa shape index (κ3) is 33.8. The van der Waals surface area contributed by atoms with Gasteiger partial charge in [0, 0.05) is 13.0 Å². The summed E-state index contributed by atoms with van der Waals surface area (Å²) >= 11 is 0. The van der Waals surface area contributed by atoms with Crippen LogP contribution < -0.4 is 0 Å². The summed E-state index contributed by atoms with van der Waals surface area (Å²) in [6, 6.07) is 0. The van der Waals surface area contributed by atoms with Crippen molar-refractivity contribution < 1.29 is 56.2 Å². The van der Waals surface area contributed by atoms with Crippen LogP contribution >= 0.6 is 0 Å². The molecule has 0 saturated carbocycles. The minimum absolute atomic E-state index is 0.0312. The summed E-state index contributed by atoms with van der Waals surface area (Å²) in [5, 5.41) is 30.7. The monoisotopic (exact) mass is 903 g/mol. The van der Waals surface area contributed by atoms with Gasteiger partial charge in [-0.2, -0.15) is 8.42 Å². The maximum atomic E-state index is 12.9. The van der Waals surface area contributed by atoms with Gasteiger partial charge < -0.3 is 34.3 Å². The van der Waals surface area contributed by atoms with Crippen molar-refractivity contribution in [3.8, 4) is 0 Å². The number of aliphatic hydroxyl groups excluding tert-OH is 3. The maximum Gasteiger partial charge on any atom is 0.397 e. The SMILES string of the molecule is CCCCC/C=C\C/C=C\CCCCCCCCCCCC(=O)OC(COCCCCCCCC/C=C\CCCCCCCC)COC1OC(CO)C(O)C(OS(=O)(=O)O)C1O. The third-order valence-electron chi connectivity index (χ3n) is 11.2. The number of ether oxygens (including phenoxy) is 4. The van der Waals surface area contributed by atoms with E-state index in [4.69, 9.17) is 18.9 Å². The summed E-state index contributed by atoms with van der Waals surface area (Å²) in [5.41, 5.74) is 0. The quantitative estimate of drug-likeness (QED) is 0.0197. The first-order chi connectivity index (χ1) is 30.1. The molecule has 364 valence electrons. The minimum atomic E-state index is -5.06. The van der Waals surface area contributed by atoms with E-state index in [0.29, 0.717) is 13.0 Å². The second-order valence-electron chi connectivity index (χ2n) is 17.0. The number of hydrogen-bond donors (Lipinski definition) is 4. The molecule has 62 heavy (non-hydrogen) atoms. The van der Waals surface area contributed by atoms with Crippen LogP contribution in [0.5, 0.6) is 0 Å². The Hall–Kier alpha value is -1.68. The van der Waals surface area contributed by atoms with Gasteiger partial charge in [-0.15, -0.1) is 0 Å². The van der Waals surface area contributed by atoms with Crippen LogP contribution in [0.2, 0.25) is 0 Å². The van der Waals surface area contributed by atoms with E-state index in [2.05, 4.69) is 54.5 Å². The average Bonchev–Trinajstić information content (AvgIpc) is 3.24. The molecule has 0 amide bonds. The van der Waals surface area contributed by atoms with E-state index in [1.165, 1.54) is 122 Å². The predicted octanol–water partition coefficient (Wildman–Crippen LogP) is 11.0. The van der Waals surface area contributed by atoms with Crippen molar-refractivity contribution in [3.05, 3.63) is 36.5 Å². The van der Waals surface area contributed by atoms with Gasteiger partial charge in [-0.05, 0) is 70.6 Å². The molecule has 12 nitrogen and oxygen atoms in total. The topological polar surface area (TPSA) is 178 Å². The Bertz CT molecular complexity index is 1230. The largest absolute Gasteiger partial charge is 0.457 e. The molecule has 4 N–H and O–H groups in total. The number of aliphatic hydroxyl groups is 3. The number of hydrogen-bond acceptors (Lipinski definition) is 11. The van der Waals surface area contributed by atoms with Crippen molar-refractivity contribution in [3.63, 3.8) is 0 Å². The van der Waals surface area contributed by atoms with Crippen LogP contribution in [0.1, 0.15) is 206 Å². The standard InChI is InChI=1S/C49H90O12S/c1-3-5-7-9-11-13-15-17-19-21-22-23-24-26-28-30-32-34-36-38-45(51)59-43(42-58-49-47(53)48(61-62(54,55)56)46(52)44(40-50)60-49)41-57-39-37-35-33-31-29-27-25-20-18-16-14-12-10-8-6-4-2/h11,13,17-20,43-44,46-50,52-53H,3-10,12,14-16,21-42H2,1-2H3,(H,54,55,56)/b13-11-,19-17-,20-18-. The van der Waals surface area contributed by atoms with Gasteiger partial charge in [0.1, 0.15) is 30.5 Å². The van der Waals surface area contributed by atoms with Gasteiger partial charge in [0.25, 0.3) is 0 Å². The minimum Gasteiger partial charge on any atom is -0.457 e. The number of rotatable bonds is 43. The number of esters is 1. The normalized spacial score (nSPS) is 20.3. The maximum absolute atomic E-state index is 12.9. The van der Waals surface area contributed by atoms with Gasteiger partial charge >= 0.3 is 16.4 Å². The lowest BCUT2D eigenvalue weighted by Crippen LogP contribution is -2.60. The lowest BCUT2D eigenvalue weighted by Gasteiger charge is -2.41. The first-order valence-electron chi connectivity index (χ1n) is 24.7. The van der Waals surface area contributed by atoms with Crippen molar-refractivity contribution in [2.24, 2.45) is 0 Å². The predicted molar refractivity (Wildman–Crippen MR) is 248 cm³/mol. The highest BCUT2D eigenvalue weighted by atomic mass is 32.3. The Morgan fingerprint density at radius 1 is 0.613 bits per heavy atom. The van der Waals surface area contributed by atoms with Gasteiger partial charge in [-0.1, -0.05) is 166 Å². The van der Waals surface area contributed by atoms with Crippen LogP contribution in [0.4, 0.5) is 0 Å². The highest BCUT2D eigenvalue weighted by Gasteiger charge is 2.48. The average molecular weight is 903 g/mol. The molecule has 0 aromatic heterocycles. The molecule has 0 aromatic rings. The van der Waals surface area contributed by atoms with E-state index < -0.39 is 59.8 Å². The van der Waals surface area contributed by atoms with Crippen LogP contribution in [0.15, 0.2) is 36.5 Å². The van der Waals surface area contributed by atoms with Crippen LogP contribution in [0.3, 0.4) is 0 Å². The summed E-state index contributed by atoms with van der Waals surface area (Å²) < 4.78 is 59.2. The zero-order chi connectivity index (χ0) is 45.4. The fourth-order valence-electron chi connectivity index (χ4n) is 7.46. The molecule has 6 atom stereocenters. The van der Waals surface area contributed by atoms with Crippen molar-refractivity contribution in [1.29, 1.82) is 0 Å². The van der Waals surface area contributed by atoms with E-state index in [1.54, 1.807) is 0 Å². The molecule has 1 saturated heterocycles. The number of unbranched alkanes of at least 4 members (excludes halogenated alkanes) is 24. The molecule has 6 unspecified atom stereocenters. The van der Waals surface area contributed by atoms with Crippen molar-refractivity contribution >= 4 is 16.4 Å².